The van der Waals surface area contributed by atoms with Crippen LogP contribution in [0.3, 0.4) is 0 Å². The van der Waals surface area contributed by atoms with Crippen LogP contribution in [0.5, 0.6) is 0 Å². The van der Waals surface area contributed by atoms with Crippen molar-refractivity contribution in [2.24, 2.45) is 0 Å². The highest BCUT2D eigenvalue weighted by Gasteiger charge is 2.34. The van der Waals surface area contributed by atoms with E-state index in [2.05, 4.69) is 21.2 Å². The van der Waals surface area contributed by atoms with Gasteiger partial charge in [-0.2, -0.15) is 0 Å². The van der Waals surface area contributed by atoms with Crippen LogP contribution in [0.4, 0.5) is 0 Å². The number of carbonyl (C=O) groups excluding carboxylic acids is 3. The fourth-order valence-corrected chi connectivity index (χ4v) is 3.90. The van der Waals surface area contributed by atoms with Crippen molar-refractivity contribution in [1.29, 1.82) is 0 Å². The summed E-state index contributed by atoms with van der Waals surface area (Å²) in [5, 5.41) is 2.27. The molecule has 7 heteroatoms. The molecule has 114 valence electrons. The maximum Gasteiger partial charge on any atom is 0.249 e. The van der Waals surface area contributed by atoms with E-state index < -0.39 is 11.9 Å². The van der Waals surface area contributed by atoms with Crippen LogP contribution in [0.15, 0.2) is 15.9 Å². The largest absolute Gasteiger partial charge is 0.321 e. The molecule has 2 rings (SSSR count). The van der Waals surface area contributed by atoms with Crippen molar-refractivity contribution in [1.82, 2.24) is 10.2 Å². The first kappa shape index (κ1) is 16.2. The highest BCUT2D eigenvalue weighted by Crippen LogP contribution is 2.23. The third kappa shape index (κ3) is 4.14. The molecule has 2 heterocycles. The molecule has 0 bridgehead atoms. The molecule has 0 radical (unpaired) electrons. The molecule has 1 N–H and O–H groups in total. The summed E-state index contributed by atoms with van der Waals surface area (Å²) in [6.07, 6.45) is 2.41. The Bertz CT molecular complexity index is 558. The van der Waals surface area contributed by atoms with Gasteiger partial charge in [-0.15, -0.1) is 11.3 Å². The van der Waals surface area contributed by atoms with E-state index in [0.29, 0.717) is 19.3 Å². The number of amides is 3. The van der Waals surface area contributed by atoms with Gasteiger partial charge in [-0.25, -0.2) is 0 Å². The summed E-state index contributed by atoms with van der Waals surface area (Å²) in [5.74, 6) is -0.898. The van der Waals surface area contributed by atoms with Crippen LogP contribution < -0.4 is 5.32 Å². The Morgan fingerprint density at radius 1 is 1.48 bits per heavy atom. The van der Waals surface area contributed by atoms with Crippen molar-refractivity contribution in [2.45, 2.75) is 38.6 Å². The van der Waals surface area contributed by atoms with Gasteiger partial charge in [0.05, 0.1) is 3.79 Å². The molecule has 0 aliphatic carbocycles. The number of imide groups is 1. The minimum Gasteiger partial charge on any atom is -0.321 e. The van der Waals surface area contributed by atoms with Gasteiger partial charge in [0, 0.05) is 11.3 Å². The van der Waals surface area contributed by atoms with Crippen molar-refractivity contribution in [3.05, 3.63) is 20.8 Å². The van der Waals surface area contributed by atoms with E-state index in [1.165, 1.54) is 9.78 Å². The van der Waals surface area contributed by atoms with Crippen LogP contribution in [0, 0.1) is 0 Å². The maximum absolute atomic E-state index is 12.2. The van der Waals surface area contributed by atoms with Gasteiger partial charge in [0.1, 0.15) is 12.6 Å². The van der Waals surface area contributed by atoms with Crippen LogP contribution >= 0.6 is 27.3 Å². The molecule has 0 saturated carbocycles. The van der Waals surface area contributed by atoms with Gasteiger partial charge in [-0.3, -0.25) is 19.7 Å². The van der Waals surface area contributed by atoms with Crippen LogP contribution in [-0.4, -0.2) is 35.2 Å². The average Bonchev–Trinajstić information content (AvgIpc) is 2.83. The number of aryl methyl sites for hydroxylation is 1. The molecule has 0 spiro atoms. The Morgan fingerprint density at radius 2 is 2.24 bits per heavy atom. The molecule has 5 nitrogen and oxygen atoms in total. The van der Waals surface area contributed by atoms with E-state index in [4.69, 9.17) is 0 Å². The standard InChI is InChI=1S/C14H17BrN2O3S/c1-2-10-14(20)16-12(18)8-17(10)13(19)5-3-4-9-6-7-11(15)21-9/h6-7,10H,2-5,8H2,1H3,(H,16,18,20). The van der Waals surface area contributed by atoms with E-state index in [1.54, 1.807) is 11.3 Å². The van der Waals surface area contributed by atoms with E-state index in [9.17, 15) is 14.4 Å². The quantitative estimate of drug-likeness (QED) is 0.804. The predicted molar refractivity (Wildman–Crippen MR) is 83.9 cm³/mol. The molecule has 0 aromatic carbocycles. The Kier molecular flexibility index (Phi) is 5.52. The number of halogens is 1. The number of hydrogen-bond donors (Lipinski definition) is 1. The number of carbonyl (C=O) groups is 3. The van der Waals surface area contributed by atoms with E-state index in [-0.39, 0.29) is 18.4 Å². The smallest absolute Gasteiger partial charge is 0.249 e. The summed E-state index contributed by atoms with van der Waals surface area (Å²) < 4.78 is 1.08. The molecule has 1 unspecified atom stereocenters. The molecule has 1 aliphatic heterocycles. The van der Waals surface area contributed by atoms with Crippen molar-refractivity contribution in [3.8, 4) is 0 Å². The Balaban J connectivity index is 1.89. The molecule has 1 aromatic heterocycles. The summed E-state index contributed by atoms with van der Waals surface area (Å²) in [6, 6.07) is 3.50. The highest BCUT2D eigenvalue weighted by atomic mass is 79.9. The van der Waals surface area contributed by atoms with Crippen molar-refractivity contribution in [3.63, 3.8) is 0 Å². The van der Waals surface area contributed by atoms with Gasteiger partial charge >= 0.3 is 0 Å². The average molecular weight is 373 g/mol. The zero-order valence-electron chi connectivity index (χ0n) is 11.7. The molecule has 1 aromatic rings. The molecule has 21 heavy (non-hydrogen) atoms. The normalized spacial score (nSPS) is 18.8. The van der Waals surface area contributed by atoms with E-state index in [0.717, 1.165) is 10.2 Å². The minimum atomic E-state index is -0.522. The van der Waals surface area contributed by atoms with Crippen LogP contribution in [-0.2, 0) is 20.8 Å². The van der Waals surface area contributed by atoms with Gasteiger partial charge in [0.25, 0.3) is 0 Å². The first-order chi connectivity index (χ1) is 10.0. The second kappa shape index (κ2) is 7.17. The fraction of sp³-hybridized carbons (Fsp3) is 0.500. The second-order valence-electron chi connectivity index (χ2n) is 4.92. The summed E-state index contributed by atoms with van der Waals surface area (Å²) in [7, 11) is 0. The first-order valence-corrected chi connectivity index (χ1v) is 8.49. The number of nitrogens with zero attached hydrogens (tertiary/aromatic N) is 1. The van der Waals surface area contributed by atoms with Crippen molar-refractivity contribution in [2.75, 3.05) is 6.54 Å². The summed E-state index contributed by atoms with van der Waals surface area (Å²) in [6.45, 7) is 1.82. The van der Waals surface area contributed by atoms with E-state index >= 15 is 0 Å². The number of thiophene rings is 1. The lowest BCUT2D eigenvalue weighted by Gasteiger charge is -2.33. The third-order valence-corrected chi connectivity index (χ3v) is 5.09. The molecule has 1 atom stereocenters. The van der Waals surface area contributed by atoms with Gasteiger partial charge < -0.3 is 4.90 Å². The lowest BCUT2D eigenvalue weighted by molar-refractivity contribution is -0.150. The lowest BCUT2D eigenvalue weighted by Crippen LogP contribution is -2.59. The summed E-state index contributed by atoms with van der Waals surface area (Å²) >= 11 is 5.06. The van der Waals surface area contributed by atoms with E-state index in [1.807, 2.05) is 19.1 Å². The van der Waals surface area contributed by atoms with Crippen molar-refractivity contribution >= 4 is 45.0 Å². The minimum absolute atomic E-state index is 0.0202. The number of piperazine rings is 1. The Hall–Kier alpha value is -1.21. The van der Waals surface area contributed by atoms with Crippen LogP contribution in [0.1, 0.15) is 31.1 Å². The maximum atomic E-state index is 12.2. The van der Waals surface area contributed by atoms with Gasteiger partial charge in [-0.1, -0.05) is 6.92 Å². The molecule has 1 aliphatic rings. The monoisotopic (exact) mass is 372 g/mol. The molecular weight excluding hydrogens is 356 g/mol. The number of hydrogen-bond acceptors (Lipinski definition) is 4. The van der Waals surface area contributed by atoms with Crippen LogP contribution in [0.2, 0.25) is 0 Å². The Labute approximate surface area is 135 Å². The number of rotatable bonds is 5. The second-order valence-corrected chi connectivity index (χ2v) is 7.47. The molecule has 3 amide bonds. The highest BCUT2D eigenvalue weighted by molar-refractivity contribution is 9.11. The lowest BCUT2D eigenvalue weighted by atomic mass is 10.1. The van der Waals surface area contributed by atoms with Crippen LogP contribution in [0.25, 0.3) is 0 Å². The fourth-order valence-electron chi connectivity index (χ4n) is 2.38. The summed E-state index contributed by atoms with van der Waals surface area (Å²) in [4.78, 5) is 38.0. The molecular formula is C14H17BrN2O3S. The first-order valence-electron chi connectivity index (χ1n) is 6.88. The topological polar surface area (TPSA) is 66.5 Å². The number of nitrogens with one attached hydrogen (secondary N) is 1. The molecule has 1 fully saturated rings. The SMILES string of the molecule is CCC1C(=O)NC(=O)CN1C(=O)CCCc1ccc(Br)s1. The summed E-state index contributed by atoms with van der Waals surface area (Å²) in [5.41, 5.74) is 0. The van der Waals surface area contributed by atoms with Crippen molar-refractivity contribution < 1.29 is 14.4 Å². The zero-order valence-corrected chi connectivity index (χ0v) is 14.1. The third-order valence-electron chi connectivity index (χ3n) is 3.41. The van der Waals surface area contributed by atoms with Gasteiger partial charge in [0.2, 0.25) is 17.7 Å². The zero-order chi connectivity index (χ0) is 15.4. The van der Waals surface area contributed by atoms with Gasteiger partial charge in [0.15, 0.2) is 0 Å². The molecule has 1 saturated heterocycles. The Morgan fingerprint density at radius 3 is 2.86 bits per heavy atom. The predicted octanol–water partition coefficient (Wildman–Crippen LogP) is 2.10. The van der Waals surface area contributed by atoms with Gasteiger partial charge in [-0.05, 0) is 47.3 Å².